The maximum atomic E-state index is 12.6. The van der Waals surface area contributed by atoms with Crippen LogP contribution in [0.1, 0.15) is 53.0 Å². The van der Waals surface area contributed by atoms with E-state index >= 15 is 0 Å². The van der Waals surface area contributed by atoms with Gasteiger partial charge in [0.05, 0.1) is 23.2 Å². The number of aromatic nitrogens is 2. The second kappa shape index (κ2) is 8.86. The number of hydrogen-bond acceptors (Lipinski definition) is 6. The zero-order valence-electron chi connectivity index (χ0n) is 17.2. The van der Waals surface area contributed by atoms with Gasteiger partial charge in [-0.1, -0.05) is 36.4 Å². The van der Waals surface area contributed by atoms with Crippen molar-refractivity contribution in [2.24, 2.45) is 0 Å². The quantitative estimate of drug-likeness (QED) is 0.552. The maximum absolute atomic E-state index is 12.6. The van der Waals surface area contributed by atoms with Crippen LogP contribution >= 0.6 is 11.3 Å². The second-order valence-corrected chi connectivity index (χ2v) is 9.34. The predicted molar refractivity (Wildman–Crippen MR) is 121 cm³/mol. The first-order valence-electron chi connectivity index (χ1n) is 10.8. The fourth-order valence-corrected chi connectivity index (χ4v) is 5.52. The van der Waals surface area contributed by atoms with Gasteiger partial charge in [0.1, 0.15) is 5.82 Å². The minimum atomic E-state index is -0.490. The third kappa shape index (κ3) is 4.39. The first-order valence-corrected chi connectivity index (χ1v) is 11.7. The summed E-state index contributed by atoms with van der Waals surface area (Å²) in [6.45, 7) is 0. The number of aliphatic hydroxyl groups excluding tert-OH is 1. The van der Waals surface area contributed by atoms with E-state index in [0.29, 0.717) is 11.9 Å². The molecule has 160 valence electrons. The summed E-state index contributed by atoms with van der Waals surface area (Å²) in [5, 5.41) is 17.2. The van der Waals surface area contributed by atoms with Gasteiger partial charge in [-0.3, -0.25) is 4.79 Å². The van der Waals surface area contributed by atoms with Gasteiger partial charge in [-0.15, -0.1) is 11.3 Å². The number of thiazole rings is 1. The molecule has 6 nitrogen and oxygen atoms in total. The molecular formula is C24H26N4O2S. The summed E-state index contributed by atoms with van der Waals surface area (Å²) in [5.74, 6) is 0.382. The summed E-state index contributed by atoms with van der Waals surface area (Å²) >= 11 is 1.63. The molecule has 1 fully saturated rings. The van der Waals surface area contributed by atoms with E-state index < -0.39 is 6.10 Å². The van der Waals surface area contributed by atoms with E-state index in [4.69, 9.17) is 0 Å². The fraction of sp³-hybridized carbons (Fsp3) is 0.375. The Labute approximate surface area is 185 Å². The van der Waals surface area contributed by atoms with Crippen LogP contribution in [0.4, 0.5) is 5.82 Å². The predicted octanol–water partition coefficient (Wildman–Crippen LogP) is 3.60. The molecule has 0 saturated carbocycles. The number of hydrogen-bond donors (Lipinski definition) is 3. The van der Waals surface area contributed by atoms with Gasteiger partial charge in [-0.25, -0.2) is 9.97 Å². The number of fused-ring (bicyclic) bond motifs is 1. The lowest BCUT2D eigenvalue weighted by molar-refractivity contribution is -0.117. The van der Waals surface area contributed by atoms with Gasteiger partial charge in [0.25, 0.3) is 0 Å². The summed E-state index contributed by atoms with van der Waals surface area (Å²) in [5.41, 5.74) is 4.82. The van der Waals surface area contributed by atoms with Gasteiger partial charge in [0.2, 0.25) is 5.91 Å². The summed E-state index contributed by atoms with van der Waals surface area (Å²) in [6.07, 6.45) is 5.91. The molecule has 3 N–H and O–H groups in total. The molecular weight excluding hydrogens is 408 g/mol. The average molecular weight is 435 g/mol. The minimum absolute atomic E-state index is 0.0277. The number of carbonyl (C=O) groups excluding carboxylic acids is 1. The molecule has 1 aromatic carbocycles. The summed E-state index contributed by atoms with van der Waals surface area (Å²) in [4.78, 5) is 22.7. The average Bonchev–Trinajstić information content (AvgIpc) is 3.52. The van der Waals surface area contributed by atoms with Gasteiger partial charge in [-0.05, 0) is 49.3 Å². The number of carbonyl (C=O) groups is 1. The molecule has 1 saturated heterocycles. The van der Waals surface area contributed by atoms with Crippen LogP contribution in [-0.4, -0.2) is 33.1 Å². The molecule has 1 aliphatic carbocycles. The van der Waals surface area contributed by atoms with Crippen LogP contribution in [0.3, 0.4) is 0 Å². The molecule has 0 spiro atoms. The Morgan fingerprint density at radius 1 is 1.16 bits per heavy atom. The number of anilines is 1. The Kier molecular flexibility index (Phi) is 5.80. The highest BCUT2D eigenvalue weighted by molar-refractivity contribution is 7.09. The van der Waals surface area contributed by atoms with Crippen LogP contribution in [0.5, 0.6) is 0 Å². The Balaban J connectivity index is 1.15. The molecule has 2 aromatic heterocycles. The van der Waals surface area contributed by atoms with Crippen molar-refractivity contribution in [1.82, 2.24) is 15.3 Å². The van der Waals surface area contributed by atoms with Gasteiger partial charge in [-0.2, -0.15) is 0 Å². The molecule has 1 amide bonds. The van der Waals surface area contributed by atoms with Crippen LogP contribution < -0.4 is 10.6 Å². The third-order valence-corrected chi connectivity index (χ3v) is 7.24. The van der Waals surface area contributed by atoms with Crippen molar-refractivity contribution in [2.75, 3.05) is 5.32 Å². The molecule has 0 bridgehead atoms. The maximum Gasteiger partial charge on any atom is 0.234 e. The number of rotatable bonds is 6. The van der Waals surface area contributed by atoms with Crippen LogP contribution in [0.2, 0.25) is 0 Å². The molecule has 7 heteroatoms. The number of nitrogens with zero attached hydrogens (tertiary/aromatic N) is 2. The van der Waals surface area contributed by atoms with Crippen LogP contribution in [0, 0.1) is 0 Å². The Hall–Kier alpha value is -2.61. The highest BCUT2D eigenvalue weighted by atomic mass is 32.1. The molecule has 4 atom stereocenters. The van der Waals surface area contributed by atoms with Crippen LogP contribution in [0.15, 0.2) is 54.2 Å². The van der Waals surface area contributed by atoms with Gasteiger partial charge in [0, 0.05) is 23.2 Å². The Morgan fingerprint density at radius 2 is 2.03 bits per heavy atom. The second-order valence-electron chi connectivity index (χ2n) is 8.40. The number of aryl methyl sites for hydroxylation is 1. The van der Waals surface area contributed by atoms with Gasteiger partial charge in [0.15, 0.2) is 0 Å². The number of amides is 1. The molecule has 0 radical (unpaired) electrons. The van der Waals surface area contributed by atoms with Crippen molar-refractivity contribution in [3.8, 4) is 0 Å². The highest BCUT2D eigenvalue weighted by Gasteiger charge is 2.32. The number of benzene rings is 1. The standard InChI is InChI=1S/C24H26N4O2S/c29-23(16-4-2-1-3-5-16)19-9-7-17(27-19)12-15-6-11-21(25-13-15)28-24(30)18-8-10-20-22(18)26-14-31-20/h1-6,11,13-14,17-19,23,27,29H,7-10,12H2,(H,25,28,30)/t17-,18+,19+,23+/m0/s1. The van der Waals surface area contributed by atoms with Crippen LogP contribution in [0.25, 0.3) is 0 Å². The summed E-state index contributed by atoms with van der Waals surface area (Å²) in [6, 6.07) is 14.1. The lowest BCUT2D eigenvalue weighted by Crippen LogP contribution is -2.35. The van der Waals surface area contributed by atoms with Crippen molar-refractivity contribution < 1.29 is 9.90 Å². The van der Waals surface area contributed by atoms with Crippen molar-refractivity contribution in [3.05, 3.63) is 75.9 Å². The monoisotopic (exact) mass is 434 g/mol. The smallest absolute Gasteiger partial charge is 0.234 e. The van der Waals surface area contributed by atoms with E-state index in [9.17, 15) is 9.90 Å². The molecule has 1 aliphatic heterocycles. The Bertz CT molecular complexity index is 1040. The number of pyridine rings is 1. The fourth-order valence-electron chi connectivity index (χ4n) is 4.68. The van der Waals surface area contributed by atoms with Crippen molar-refractivity contribution in [2.45, 2.75) is 56.2 Å². The van der Waals surface area contributed by atoms with Gasteiger partial charge >= 0.3 is 0 Å². The highest BCUT2D eigenvalue weighted by Crippen LogP contribution is 2.35. The van der Waals surface area contributed by atoms with E-state index in [2.05, 4.69) is 20.6 Å². The van der Waals surface area contributed by atoms with E-state index in [1.807, 2.05) is 54.2 Å². The topological polar surface area (TPSA) is 87.1 Å². The van der Waals surface area contributed by atoms with E-state index in [1.54, 1.807) is 11.3 Å². The lowest BCUT2D eigenvalue weighted by Gasteiger charge is -2.20. The SMILES string of the molecule is O=C(Nc1ccc(C[C@@H]2CC[C@H]([C@H](O)c3ccccc3)N2)cn1)[C@@H]1CCc2scnc21. The first-order chi connectivity index (χ1) is 15.2. The van der Waals surface area contributed by atoms with Gasteiger partial charge < -0.3 is 15.7 Å². The number of nitrogens with one attached hydrogen (secondary N) is 2. The first kappa shape index (κ1) is 20.3. The molecule has 5 rings (SSSR count). The lowest BCUT2D eigenvalue weighted by atomic mass is 10.0. The summed E-state index contributed by atoms with van der Waals surface area (Å²) in [7, 11) is 0. The van der Waals surface area contributed by atoms with E-state index in [1.165, 1.54) is 4.88 Å². The van der Waals surface area contributed by atoms with E-state index in [-0.39, 0.29) is 17.9 Å². The molecule has 3 heterocycles. The van der Waals surface area contributed by atoms with Crippen molar-refractivity contribution in [1.29, 1.82) is 0 Å². The minimum Gasteiger partial charge on any atom is -0.387 e. The third-order valence-electron chi connectivity index (χ3n) is 6.34. The van der Waals surface area contributed by atoms with Crippen molar-refractivity contribution in [3.63, 3.8) is 0 Å². The van der Waals surface area contributed by atoms with E-state index in [0.717, 1.165) is 48.9 Å². The largest absolute Gasteiger partial charge is 0.387 e. The normalized spacial score (nSPS) is 23.5. The molecule has 31 heavy (non-hydrogen) atoms. The molecule has 3 aromatic rings. The summed E-state index contributed by atoms with van der Waals surface area (Å²) < 4.78 is 0. The van der Waals surface area contributed by atoms with Crippen molar-refractivity contribution >= 4 is 23.1 Å². The molecule has 2 aliphatic rings. The Morgan fingerprint density at radius 3 is 2.84 bits per heavy atom. The van der Waals surface area contributed by atoms with Crippen LogP contribution in [-0.2, 0) is 17.6 Å². The zero-order chi connectivity index (χ0) is 21.2. The zero-order valence-corrected chi connectivity index (χ0v) is 18.0. The number of aliphatic hydroxyl groups is 1. The molecule has 0 unspecified atom stereocenters.